The molecule has 1 heterocycles. The zero-order valence-electron chi connectivity index (χ0n) is 8.42. The Morgan fingerprint density at radius 2 is 2.36 bits per heavy atom. The van der Waals surface area contributed by atoms with Gasteiger partial charge in [-0.3, -0.25) is 4.79 Å². The molecule has 0 saturated heterocycles. The fourth-order valence-corrected chi connectivity index (χ4v) is 0.665. The van der Waals surface area contributed by atoms with Gasteiger partial charge in [0.05, 0.1) is 0 Å². The smallest absolute Gasteiger partial charge is 0.243 e. The van der Waals surface area contributed by atoms with Crippen LogP contribution in [0.2, 0.25) is 0 Å². The van der Waals surface area contributed by atoms with Gasteiger partial charge in [-0.25, -0.2) is 0 Å². The Balaban J connectivity index is 0.000000249. The Hall–Kier alpha value is -1.77. The third-order valence-electron chi connectivity index (χ3n) is 1.36. The molecule has 0 radical (unpaired) electrons. The largest absolute Gasteiger partial charge is 0.365 e. The third-order valence-corrected chi connectivity index (χ3v) is 1.36. The van der Waals surface area contributed by atoms with Crippen molar-refractivity contribution in [2.75, 3.05) is 6.54 Å². The molecule has 0 spiro atoms. The number of amides is 1. The molecule has 0 aliphatic carbocycles. The number of aryl methyl sites for hydroxylation is 1. The zero-order valence-corrected chi connectivity index (χ0v) is 8.42. The lowest BCUT2D eigenvalue weighted by Gasteiger charge is -1.91. The minimum Gasteiger partial charge on any atom is -0.365 e. The number of carbonyl (C=O) groups excluding carboxylic acids is 1. The first-order chi connectivity index (χ1) is 6.70. The maximum Gasteiger partial charge on any atom is 0.243 e. The normalized spacial score (nSPS) is 8.07. The number of H-pyrrole nitrogens is 1. The number of nitrogens with one attached hydrogen (secondary N) is 2. The van der Waals surface area contributed by atoms with E-state index in [0.29, 0.717) is 6.54 Å². The molecule has 0 unspecified atom stereocenters. The van der Waals surface area contributed by atoms with Crippen LogP contribution >= 0.6 is 0 Å². The van der Waals surface area contributed by atoms with Gasteiger partial charge in [-0.2, -0.15) is 0 Å². The summed E-state index contributed by atoms with van der Waals surface area (Å²) < 4.78 is 0. The number of carbonyl (C=O) groups is 1. The predicted octanol–water partition coefficient (Wildman–Crippen LogP) is 1.80. The number of aromatic amines is 1. The van der Waals surface area contributed by atoms with Crippen molar-refractivity contribution in [3.8, 4) is 0 Å². The van der Waals surface area contributed by atoms with Gasteiger partial charge < -0.3 is 10.3 Å². The van der Waals surface area contributed by atoms with E-state index in [4.69, 9.17) is 0 Å². The molecule has 1 aromatic heterocycles. The van der Waals surface area contributed by atoms with Gasteiger partial charge in [0, 0.05) is 18.4 Å². The molecule has 0 fully saturated rings. The highest BCUT2D eigenvalue weighted by Crippen LogP contribution is 1.86. The van der Waals surface area contributed by atoms with Gasteiger partial charge in [-0.15, -0.1) is 6.58 Å². The molecule has 0 aliphatic rings. The summed E-state index contributed by atoms with van der Waals surface area (Å²) in [5.41, 5.74) is 1.22. The number of aromatic nitrogens is 1. The standard InChI is InChI=1S/C6H9NO.C5H7N/c1-3-5-7-6(8)4-2;1-5-3-2-4-6-5/h3-4H,1-2,5H2,(H,7,8);2-4,6H,1H3. The van der Waals surface area contributed by atoms with E-state index in [1.807, 2.05) is 25.3 Å². The summed E-state index contributed by atoms with van der Waals surface area (Å²) >= 11 is 0. The van der Waals surface area contributed by atoms with Crippen LogP contribution in [-0.2, 0) is 4.79 Å². The van der Waals surface area contributed by atoms with E-state index in [1.54, 1.807) is 6.08 Å². The molecule has 0 atom stereocenters. The molecule has 0 saturated carbocycles. The molecule has 1 aromatic rings. The highest BCUT2D eigenvalue weighted by Gasteiger charge is 1.85. The summed E-state index contributed by atoms with van der Waals surface area (Å²) in [5.74, 6) is -0.162. The van der Waals surface area contributed by atoms with Crippen molar-refractivity contribution in [2.45, 2.75) is 6.92 Å². The van der Waals surface area contributed by atoms with Crippen LogP contribution in [0.4, 0.5) is 0 Å². The van der Waals surface area contributed by atoms with Gasteiger partial charge in [-0.1, -0.05) is 12.7 Å². The van der Waals surface area contributed by atoms with Gasteiger partial charge in [0.25, 0.3) is 0 Å². The van der Waals surface area contributed by atoms with E-state index in [1.165, 1.54) is 11.8 Å². The van der Waals surface area contributed by atoms with Gasteiger partial charge in [0.1, 0.15) is 0 Å². The molecule has 14 heavy (non-hydrogen) atoms. The molecule has 1 rings (SSSR count). The van der Waals surface area contributed by atoms with Crippen LogP contribution in [0.1, 0.15) is 5.69 Å². The summed E-state index contributed by atoms with van der Waals surface area (Å²) in [6.45, 7) is 9.22. The predicted molar refractivity (Wildman–Crippen MR) is 58.9 cm³/mol. The van der Waals surface area contributed by atoms with E-state index >= 15 is 0 Å². The van der Waals surface area contributed by atoms with Crippen molar-refractivity contribution in [3.63, 3.8) is 0 Å². The van der Waals surface area contributed by atoms with Crippen molar-refractivity contribution >= 4 is 5.91 Å². The Morgan fingerprint density at radius 1 is 1.64 bits per heavy atom. The Morgan fingerprint density at radius 3 is 2.64 bits per heavy atom. The summed E-state index contributed by atoms with van der Waals surface area (Å²) in [4.78, 5) is 13.3. The van der Waals surface area contributed by atoms with Crippen LogP contribution < -0.4 is 5.32 Å². The van der Waals surface area contributed by atoms with Gasteiger partial charge in [-0.05, 0) is 25.1 Å². The average molecular weight is 192 g/mol. The summed E-state index contributed by atoms with van der Waals surface area (Å²) in [6.07, 6.45) is 4.75. The van der Waals surface area contributed by atoms with Crippen molar-refractivity contribution in [3.05, 3.63) is 49.3 Å². The maximum atomic E-state index is 10.3. The fraction of sp³-hybridized carbons (Fsp3) is 0.182. The second-order valence-electron chi connectivity index (χ2n) is 2.59. The molecule has 0 bridgehead atoms. The SMILES string of the molecule is C=CCNC(=O)C=C.Cc1ccc[nH]1. The molecule has 3 nitrogen and oxygen atoms in total. The first kappa shape index (κ1) is 12.2. The maximum absolute atomic E-state index is 10.3. The molecule has 76 valence electrons. The van der Waals surface area contributed by atoms with Gasteiger partial charge >= 0.3 is 0 Å². The molecular formula is C11H16N2O. The average Bonchev–Trinajstić information content (AvgIpc) is 2.66. The molecular weight excluding hydrogens is 176 g/mol. The minimum absolute atomic E-state index is 0.162. The second kappa shape index (κ2) is 7.86. The van der Waals surface area contributed by atoms with Crippen molar-refractivity contribution in [2.24, 2.45) is 0 Å². The monoisotopic (exact) mass is 192 g/mol. The number of hydrogen-bond donors (Lipinski definition) is 2. The van der Waals surface area contributed by atoms with Gasteiger partial charge in [0.2, 0.25) is 5.91 Å². The first-order valence-corrected chi connectivity index (χ1v) is 4.32. The van der Waals surface area contributed by atoms with Crippen LogP contribution in [0, 0.1) is 6.92 Å². The van der Waals surface area contributed by atoms with Crippen LogP contribution in [0.15, 0.2) is 43.6 Å². The molecule has 3 heteroatoms. The minimum atomic E-state index is -0.162. The van der Waals surface area contributed by atoms with E-state index in [-0.39, 0.29) is 5.91 Å². The van der Waals surface area contributed by atoms with Crippen LogP contribution in [0.5, 0.6) is 0 Å². The van der Waals surface area contributed by atoms with Crippen LogP contribution in [0.3, 0.4) is 0 Å². The van der Waals surface area contributed by atoms with Crippen LogP contribution in [-0.4, -0.2) is 17.4 Å². The summed E-state index contributed by atoms with van der Waals surface area (Å²) in [7, 11) is 0. The quantitative estimate of drug-likeness (QED) is 0.556. The molecule has 0 aromatic carbocycles. The zero-order chi connectivity index (χ0) is 10.8. The van der Waals surface area contributed by atoms with E-state index in [0.717, 1.165) is 0 Å². The third kappa shape index (κ3) is 6.91. The topological polar surface area (TPSA) is 44.9 Å². The Bertz CT molecular complexity index is 275. The van der Waals surface area contributed by atoms with Crippen molar-refractivity contribution in [1.29, 1.82) is 0 Å². The molecule has 1 amide bonds. The lowest BCUT2D eigenvalue weighted by molar-refractivity contribution is -0.116. The lowest BCUT2D eigenvalue weighted by atomic mass is 10.5. The van der Waals surface area contributed by atoms with Crippen LogP contribution in [0.25, 0.3) is 0 Å². The number of rotatable bonds is 3. The highest BCUT2D eigenvalue weighted by atomic mass is 16.1. The van der Waals surface area contributed by atoms with E-state index in [9.17, 15) is 4.79 Å². The molecule has 0 aliphatic heterocycles. The van der Waals surface area contributed by atoms with Crippen molar-refractivity contribution < 1.29 is 4.79 Å². The Labute approximate surface area is 84.5 Å². The molecule has 2 N–H and O–H groups in total. The highest BCUT2D eigenvalue weighted by molar-refractivity contribution is 5.86. The summed E-state index contributed by atoms with van der Waals surface area (Å²) in [6, 6.07) is 4.01. The Kier molecular flexibility index (Phi) is 6.86. The van der Waals surface area contributed by atoms with E-state index in [2.05, 4.69) is 23.5 Å². The van der Waals surface area contributed by atoms with Crippen molar-refractivity contribution in [1.82, 2.24) is 10.3 Å². The first-order valence-electron chi connectivity index (χ1n) is 4.32. The summed E-state index contributed by atoms with van der Waals surface area (Å²) in [5, 5.41) is 2.51. The van der Waals surface area contributed by atoms with Gasteiger partial charge in [0.15, 0.2) is 0 Å². The number of hydrogen-bond acceptors (Lipinski definition) is 1. The lowest BCUT2D eigenvalue weighted by Crippen LogP contribution is -2.19. The van der Waals surface area contributed by atoms with E-state index < -0.39 is 0 Å². The second-order valence-corrected chi connectivity index (χ2v) is 2.59. The fourth-order valence-electron chi connectivity index (χ4n) is 0.665.